The van der Waals surface area contributed by atoms with Crippen molar-refractivity contribution in [2.75, 3.05) is 0 Å². The summed E-state index contributed by atoms with van der Waals surface area (Å²) in [6, 6.07) is 9.89. The fourth-order valence-corrected chi connectivity index (χ4v) is 4.20. The molecule has 2 unspecified atom stereocenters. The van der Waals surface area contributed by atoms with E-state index in [1.165, 1.54) is 11.1 Å². The van der Waals surface area contributed by atoms with Gasteiger partial charge in [-0.2, -0.15) is 0 Å². The van der Waals surface area contributed by atoms with Crippen LogP contribution in [0.5, 0.6) is 0 Å². The van der Waals surface area contributed by atoms with E-state index < -0.39 is 0 Å². The highest BCUT2D eigenvalue weighted by Gasteiger charge is 2.23. The predicted molar refractivity (Wildman–Crippen MR) is 135 cm³/mol. The van der Waals surface area contributed by atoms with Gasteiger partial charge in [-0.25, -0.2) is 0 Å². The summed E-state index contributed by atoms with van der Waals surface area (Å²) in [5.74, 6) is 0.408. The highest BCUT2D eigenvalue weighted by molar-refractivity contribution is 6.32. The Kier molecular flexibility index (Phi) is 8.65. The molecule has 0 spiro atoms. The van der Waals surface area contributed by atoms with Gasteiger partial charge in [0, 0.05) is 17.5 Å². The molecule has 2 aromatic rings. The third kappa shape index (κ3) is 6.07. The quantitative estimate of drug-likeness (QED) is 0.310. The zero-order chi connectivity index (χ0) is 23.3. The number of hydrogen-bond donors (Lipinski definition) is 1. The van der Waals surface area contributed by atoms with E-state index in [1.807, 2.05) is 37.3 Å². The fraction of sp³-hybridized carbons (Fsp3) is 0.393. The zero-order valence-corrected chi connectivity index (χ0v) is 19.8. The third-order valence-electron chi connectivity index (χ3n) is 5.97. The number of benzene rings is 2. The van der Waals surface area contributed by atoms with Gasteiger partial charge in [0.05, 0.1) is 0 Å². The predicted octanol–water partition coefficient (Wildman–Crippen LogP) is 5.66. The number of hydrogen-bond acceptors (Lipinski definition) is 2. The van der Waals surface area contributed by atoms with Crippen LogP contribution in [0.1, 0.15) is 78.3 Å². The van der Waals surface area contributed by atoms with Crippen molar-refractivity contribution in [2.45, 2.75) is 59.9 Å². The second-order valence-corrected chi connectivity index (χ2v) is 9.07. The molecule has 3 heteroatoms. The summed E-state index contributed by atoms with van der Waals surface area (Å²) in [5.41, 5.74) is 14.0. The van der Waals surface area contributed by atoms with Crippen LogP contribution in [0, 0.1) is 18.8 Å². The molecule has 0 bridgehead atoms. The monoisotopic (exact) mass is 413 g/mol. The van der Waals surface area contributed by atoms with Crippen LogP contribution in [0.25, 0.3) is 5.57 Å². The third-order valence-corrected chi connectivity index (χ3v) is 5.97. The Morgan fingerprint density at radius 2 is 1.81 bits per heavy atom. The van der Waals surface area contributed by atoms with Crippen LogP contribution in [0.4, 0.5) is 0 Å². The molecule has 2 rings (SSSR count). The van der Waals surface area contributed by atoms with Gasteiger partial charge >= 0.3 is 0 Å². The highest BCUT2D eigenvalue weighted by atomic mass is 16.1. The van der Waals surface area contributed by atoms with E-state index >= 15 is 0 Å². The number of allylic oxidation sites excluding steroid dienone is 2. The first-order valence-electron chi connectivity index (χ1n) is 11.2. The molecule has 0 aliphatic heterocycles. The molecule has 0 aliphatic rings. The van der Waals surface area contributed by atoms with E-state index in [-0.39, 0.29) is 17.7 Å². The van der Waals surface area contributed by atoms with Crippen molar-refractivity contribution in [1.29, 1.82) is 0 Å². The van der Waals surface area contributed by atoms with Crippen molar-refractivity contribution in [1.82, 2.24) is 0 Å². The van der Waals surface area contributed by atoms with Gasteiger partial charge in [0.15, 0.2) is 5.78 Å². The number of Topliss-reactive ketones (excluding diaryl/α,β-unsaturated/α-hetero) is 1. The molecule has 0 amide bonds. The van der Waals surface area contributed by atoms with E-state index in [9.17, 15) is 4.79 Å². The van der Waals surface area contributed by atoms with Crippen molar-refractivity contribution >= 4 is 24.7 Å². The lowest BCUT2D eigenvalue weighted by atomic mass is 9.83. The first-order valence-corrected chi connectivity index (χ1v) is 11.2. The minimum Gasteiger partial charge on any atom is -0.324 e. The molecule has 0 aromatic heterocycles. The molecule has 2 aromatic carbocycles. The van der Waals surface area contributed by atoms with Gasteiger partial charge in [-0.3, -0.25) is 4.79 Å². The molecule has 0 saturated carbocycles. The molecule has 0 saturated heterocycles. The zero-order valence-electron chi connectivity index (χ0n) is 19.8. The Bertz CT molecular complexity index is 973. The molecule has 2 radical (unpaired) electrons. The lowest BCUT2D eigenvalue weighted by Gasteiger charge is -2.22. The summed E-state index contributed by atoms with van der Waals surface area (Å²) in [5, 5.41) is 0. The summed E-state index contributed by atoms with van der Waals surface area (Å²) in [6.45, 7) is 18.5. The lowest BCUT2D eigenvalue weighted by molar-refractivity contribution is 0.0929. The van der Waals surface area contributed by atoms with E-state index in [0.717, 1.165) is 40.6 Å². The van der Waals surface area contributed by atoms with Crippen LogP contribution >= 0.6 is 0 Å². The maximum absolute atomic E-state index is 13.6. The summed E-state index contributed by atoms with van der Waals surface area (Å²) >= 11 is 0. The summed E-state index contributed by atoms with van der Waals surface area (Å²) < 4.78 is 0. The normalized spacial score (nSPS) is 13.1. The van der Waals surface area contributed by atoms with Gasteiger partial charge in [0.25, 0.3) is 0 Å². The number of carbonyl (C=O) groups excluding carboxylic acids is 1. The van der Waals surface area contributed by atoms with Crippen molar-refractivity contribution in [3.63, 3.8) is 0 Å². The number of aryl methyl sites for hydroxylation is 2. The number of carbonyl (C=O) groups is 1. The van der Waals surface area contributed by atoms with Crippen molar-refractivity contribution < 1.29 is 4.79 Å². The standard InChI is InChI=1S/C28H36BNO/c1-8-18(5)24-14-19(6)25(27(30)12-17(3)4)16-26(24)28(31)20(7)13-22-10-11-23(29)15-21(22)9-2/h8,10-11,14-17,20,27H,1,5,9,12-13,30H2,2-4,6-7H3. The van der Waals surface area contributed by atoms with Crippen LogP contribution in [-0.4, -0.2) is 13.6 Å². The van der Waals surface area contributed by atoms with Gasteiger partial charge < -0.3 is 5.73 Å². The first kappa shape index (κ1) is 24.9. The average Bonchev–Trinajstić information content (AvgIpc) is 2.72. The molecule has 2 atom stereocenters. The number of nitrogens with two attached hydrogens (primary N) is 1. The maximum Gasteiger partial charge on any atom is 0.166 e. The van der Waals surface area contributed by atoms with Gasteiger partial charge in [0.2, 0.25) is 0 Å². The number of ketones is 1. The topological polar surface area (TPSA) is 43.1 Å². The second kappa shape index (κ2) is 10.8. The SMILES string of the molecule is [B]c1ccc(CC(C)C(=O)c2cc(C(N)CC(C)C)c(C)cc2C(=C)C=C)c(CC)c1. The summed E-state index contributed by atoms with van der Waals surface area (Å²) in [6.07, 6.45) is 4.14. The van der Waals surface area contributed by atoms with Crippen LogP contribution in [0.3, 0.4) is 0 Å². The fourth-order valence-electron chi connectivity index (χ4n) is 4.20. The van der Waals surface area contributed by atoms with Gasteiger partial charge in [-0.1, -0.05) is 76.7 Å². The maximum atomic E-state index is 13.6. The minimum atomic E-state index is -0.179. The van der Waals surface area contributed by atoms with Crippen LogP contribution in [-0.2, 0) is 12.8 Å². The molecule has 2 N–H and O–H groups in total. The summed E-state index contributed by atoms with van der Waals surface area (Å²) in [7, 11) is 5.95. The van der Waals surface area contributed by atoms with E-state index in [0.29, 0.717) is 17.9 Å². The molecule has 2 nitrogen and oxygen atoms in total. The van der Waals surface area contributed by atoms with Gasteiger partial charge in [-0.05, 0) is 71.6 Å². The Balaban J connectivity index is 2.47. The van der Waals surface area contributed by atoms with Crippen LogP contribution < -0.4 is 11.2 Å². The van der Waals surface area contributed by atoms with E-state index in [2.05, 4.69) is 40.9 Å². The Labute approximate surface area is 190 Å². The van der Waals surface area contributed by atoms with Crippen molar-refractivity contribution in [3.8, 4) is 0 Å². The van der Waals surface area contributed by atoms with E-state index in [4.69, 9.17) is 13.6 Å². The molecule has 162 valence electrons. The Morgan fingerprint density at radius 3 is 2.39 bits per heavy atom. The smallest absolute Gasteiger partial charge is 0.166 e. The number of rotatable bonds is 10. The first-order chi connectivity index (χ1) is 14.6. The summed E-state index contributed by atoms with van der Waals surface area (Å²) in [4.78, 5) is 13.6. The molecule has 0 aliphatic carbocycles. The van der Waals surface area contributed by atoms with Crippen LogP contribution in [0.2, 0.25) is 0 Å². The van der Waals surface area contributed by atoms with Crippen LogP contribution in [0.15, 0.2) is 49.6 Å². The minimum absolute atomic E-state index is 0.100. The highest BCUT2D eigenvalue weighted by Crippen LogP contribution is 2.31. The average molecular weight is 413 g/mol. The molecular formula is C28H36BNO. The van der Waals surface area contributed by atoms with E-state index in [1.54, 1.807) is 6.08 Å². The van der Waals surface area contributed by atoms with Gasteiger partial charge in [-0.15, -0.1) is 0 Å². The molecule has 31 heavy (non-hydrogen) atoms. The Morgan fingerprint density at radius 1 is 1.13 bits per heavy atom. The van der Waals surface area contributed by atoms with Crippen molar-refractivity contribution in [2.24, 2.45) is 17.6 Å². The van der Waals surface area contributed by atoms with Gasteiger partial charge in [0.1, 0.15) is 7.85 Å². The van der Waals surface area contributed by atoms with Crippen molar-refractivity contribution in [3.05, 3.63) is 82.9 Å². The second-order valence-electron chi connectivity index (χ2n) is 9.07. The molecular weight excluding hydrogens is 377 g/mol. The largest absolute Gasteiger partial charge is 0.324 e. The Hall–Kier alpha value is -2.39. The molecule has 0 fully saturated rings. The lowest BCUT2D eigenvalue weighted by Crippen LogP contribution is -2.20. The molecule has 0 heterocycles.